The predicted octanol–water partition coefficient (Wildman–Crippen LogP) is 1.55. The van der Waals surface area contributed by atoms with E-state index in [1.54, 1.807) is 7.05 Å². The molecule has 5 rings (SSSR count). The zero-order valence-electron chi connectivity index (χ0n) is 14.2. The lowest BCUT2D eigenvalue weighted by atomic mass is 10.0. The molecular weight excluding hydrogens is 334 g/mol. The smallest absolute Gasteiger partial charge is 0.293 e. The van der Waals surface area contributed by atoms with Crippen molar-refractivity contribution >= 4 is 5.91 Å². The Morgan fingerprint density at radius 2 is 2.19 bits per heavy atom. The third kappa shape index (κ3) is 2.65. The fourth-order valence-electron chi connectivity index (χ4n) is 3.36. The third-order valence-corrected chi connectivity index (χ3v) is 4.87. The molecule has 3 aromatic rings. The SMILES string of the molecule is Cn1nnc(C(=O)NC2CCc3cc(-c4nc(C5CC5)no4)ccc32)n1. The van der Waals surface area contributed by atoms with Gasteiger partial charge in [-0.3, -0.25) is 4.79 Å². The second-order valence-corrected chi connectivity index (χ2v) is 6.81. The predicted molar refractivity (Wildman–Crippen MR) is 89.0 cm³/mol. The minimum Gasteiger partial charge on any atom is -0.342 e. The molecule has 26 heavy (non-hydrogen) atoms. The number of tetrazole rings is 1. The molecule has 9 nitrogen and oxygen atoms in total. The Balaban J connectivity index is 1.35. The lowest BCUT2D eigenvalue weighted by Crippen LogP contribution is -2.28. The summed E-state index contributed by atoms with van der Waals surface area (Å²) in [4.78, 5) is 18.0. The number of benzene rings is 1. The van der Waals surface area contributed by atoms with Crippen LogP contribution in [0, 0.1) is 0 Å². The number of fused-ring (bicyclic) bond motifs is 1. The number of aryl methyl sites for hydroxylation is 2. The standard InChI is InChI=1S/C17H17N7O2/c1-24-21-15(20-23-24)16(25)18-13-7-5-10-8-11(4-6-12(10)13)17-19-14(22-26-17)9-2-3-9/h4,6,8-9,13H,2-3,5,7H2,1H3,(H,18,25). The second-order valence-electron chi connectivity index (χ2n) is 6.81. The van der Waals surface area contributed by atoms with Gasteiger partial charge in [-0.25, -0.2) is 0 Å². The molecule has 1 N–H and O–H groups in total. The normalized spacial score (nSPS) is 18.7. The number of hydrogen-bond donors (Lipinski definition) is 1. The van der Waals surface area contributed by atoms with Crippen LogP contribution in [0.3, 0.4) is 0 Å². The Morgan fingerprint density at radius 3 is 2.96 bits per heavy atom. The fraction of sp³-hybridized carbons (Fsp3) is 0.412. The minimum atomic E-state index is -0.314. The maximum Gasteiger partial charge on any atom is 0.293 e. The van der Waals surface area contributed by atoms with Gasteiger partial charge in [0.15, 0.2) is 5.82 Å². The van der Waals surface area contributed by atoms with Gasteiger partial charge < -0.3 is 9.84 Å². The topological polar surface area (TPSA) is 112 Å². The molecule has 2 aromatic heterocycles. The second kappa shape index (κ2) is 5.72. The average molecular weight is 351 g/mol. The van der Waals surface area contributed by atoms with Gasteiger partial charge in [0.2, 0.25) is 0 Å². The number of aromatic nitrogens is 6. The molecule has 0 saturated heterocycles. The zero-order chi connectivity index (χ0) is 17.7. The first-order valence-electron chi connectivity index (χ1n) is 8.69. The van der Waals surface area contributed by atoms with Gasteiger partial charge in [0, 0.05) is 11.5 Å². The third-order valence-electron chi connectivity index (χ3n) is 4.87. The fourth-order valence-corrected chi connectivity index (χ4v) is 3.36. The van der Waals surface area contributed by atoms with E-state index in [2.05, 4.69) is 36.9 Å². The molecule has 0 spiro atoms. The molecule has 0 radical (unpaired) electrons. The number of carbonyl (C=O) groups excluding carboxylic acids is 1. The Hall–Kier alpha value is -3.10. The number of nitrogens with one attached hydrogen (secondary N) is 1. The number of carbonyl (C=O) groups is 1. The van der Waals surface area contributed by atoms with Crippen LogP contribution >= 0.6 is 0 Å². The summed E-state index contributed by atoms with van der Waals surface area (Å²) >= 11 is 0. The summed E-state index contributed by atoms with van der Waals surface area (Å²) in [7, 11) is 1.63. The van der Waals surface area contributed by atoms with Crippen molar-refractivity contribution in [3.8, 4) is 11.5 Å². The molecule has 0 bridgehead atoms. The number of rotatable bonds is 4. The molecule has 2 heterocycles. The Labute approximate surface area is 148 Å². The van der Waals surface area contributed by atoms with Gasteiger partial charge in [-0.05, 0) is 54.2 Å². The van der Waals surface area contributed by atoms with Gasteiger partial charge in [-0.1, -0.05) is 11.2 Å². The summed E-state index contributed by atoms with van der Waals surface area (Å²) in [5.74, 6) is 1.60. The van der Waals surface area contributed by atoms with Crippen LogP contribution in [0.15, 0.2) is 22.7 Å². The molecule has 9 heteroatoms. The summed E-state index contributed by atoms with van der Waals surface area (Å²) in [6, 6.07) is 6.01. The van der Waals surface area contributed by atoms with Gasteiger partial charge in [0.1, 0.15) is 0 Å². The van der Waals surface area contributed by atoms with Gasteiger partial charge in [-0.15, -0.1) is 10.2 Å². The number of hydrogen-bond acceptors (Lipinski definition) is 7. The molecule has 2 aliphatic carbocycles. The van der Waals surface area contributed by atoms with Gasteiger partial charge in [-0.2, -0.15) is 9.78 Å². The van der Waals surface area contributed by atoms with E-state index in [0.717, 1.165) is 42.6 Å². The summed E-state index contributed by atoms with van der Waals surface area (Å²) in [6.07, 6.45) is 4.00. The molecule has 1 saturated carbocycles. The summed E-state index contributed by atoms with van der Waals surface area (Å²) in [5, 5.41) is 18.4. The largest absolute Gasteiger partial charge is 0.342 e. The molecule has 1 fully saturated rings. The lowest BCUT2D eigenvalue weighted by molar-refractivity contribution is 0.0926. The number of amides is 1. The van der Waals surface area contributed by atoms with Gasteiger partial charge in [0.05, 0.1) is 13.1 Å². The molecular formula is C17H17N7O2. The van der Waals surface area contributed by atoms with E-state index in [9.17, 15) is 4.79 Å². The van der Waals surface area contributed by atoms with Gasteiger partial charge >= 0.3 is 0 Å². The molecule has 1 amide bonds. The first-order chi connectivity index (χ1) is 12.7. The highest BCUT2D eigenvalue weighted by atomic mass is 16.5. The molecule has 1 atom stereocenters. The first-order valence-corrected chi connectivity index (χ1v) is 8.69. The van der Waals surface area contributed by atoms with Gasteiger partial charge in [0.25, 0.3) is 17.6 Å². The Morgan fingerprint density at radius 1 is 1.31 bits per heavy atom. The summed E-state index contributed by atoms with van der Waals surface area (Å²) in [6.45, 7) is 0. The van der Waals surface area contributed by atoms with E-state index in [4.69, 9.17) is 4.52 Å². The Bertz CT molecular complexity index is 989. The maximum atomic E-state index is 12.3. The highest BCUT2D eigenvalue weighted by Crippen LogP contribution is 2.39. The van der Waals surface area contributed by atoms with Crippen molar-refractivity contribution in [2.24, 2.45) is 7.05 Å². The minimum absolute atomic E-state index is 0.0555. The summed E-state index contributed by atoms with van der Waals surface area (Å²) < 4.78 is 5.41. The Kier molecular flexibility index (Phi) is 3.34. The van der Waals surface area contributed by atoms with Crippen molar-refractivity contribution in [2.75, 3.05) is 0 Å². The highest BCUT2D eigenvalue weighted by molar-refractivity contribution is 5.90. The molecule has 0 aliphatic heterocycles. The average Bonchev–Trinajstić information content (AvgIpc) is 3.06. The van der Waals surface area contributed by atoms with E-state index >= 15 is 0 Å². The van der Waals surface area contributed by atoms with E-state index < -0.39 is 0 Å². The quantitative estimate of drug-likeness (QED) is 0.759. The van der Waals surface area contributed by atoms with Crippen LogP contribution in [0.5, 0.6) is 0 Å². The van der Waals surface area contributed by atoms with Crippen LogP contribution in [-0.2, 0) is 13.5 Å². The van der Waals surface area contributed by atoms with Crippen LogP contribution in [-0.4, -0.2) is 36.3 Å². The zero-order valence-corrected chi connectivity index (χ0v) is 14.2. The highest BCUT2D eigenvalue weighted by Gasteiger charge is 2.30. The molecule has 2 aliphatic rings. The van der Waals surface area contributed by atoms with Crippen LogP contribution in [0.2, 0.25) is 0 Å². The molecule has 132 valence electrons. The van der Waals surface area contributed by atoms with E-state index in [0.29, 0.717) is 11.8 Å². The van der Waals surface area contributed by atoms with E-state index in [1.165, 1.54) is 10.4 Å². The van der Waals surface area contributed by atoms with Crippen molar-refractivity contribution in [2.45, 2.75) is 37.6 Å². The lowest BCUT2D eigenvalue weighted by Gasteiger charge is -2.12. The van der Waals surface area contributed by atoms with Crippen LogP contribution in [0.25, 0.3) is 11.5 Å². The first kappa shape index (κ1) is 15.2. The van der Waals surface area contributed by atoms with Crippen LogP contribution < -0.4 is 5.32 Å². The molecule has 1 aromatic carbocycles. The van der Waals surface area contributed by atoms with Crippen molar-refractivity contribution in [3.63, 3.8) is 0 Å². The van der Waals surface area contributed by atoms with Crippen molar-refractivity contribution in [3.05, 3.63) is 41.0 Å². The van der Waals surface area contributed by atoms with Crippen LogP contribution in [0.4, 0.5) is 0 Å². The summed E-state index contributed by atoms with van der Waals surface area (Å²) in [5.41, 5.74) is 3.21. The van der Waals surface area contributed by atoms with Crippen molar-refractivity contribution in [1.29, 1.82) is 0 Å². The van der Waals surface area contributed by atoms with E-state index in [-0.39, 0.29) is 17.8 Å². The van der Waals surface area contributed by atoms with Crippen LogP contribution in [0.1, 0.15) is 58.8 Å². The van der Waals surface area contributed by atoms with Crippen molar-refractivity contribution < 1.29 is 9.32 Å². The van der Waals surface area contributed by atoms with Crippen molar-refractivity contribution in [1.82, 2.24) is 35.7 Å². The molecule has 1 unspecified atom stereocenters. The number of nitrogens with zero attached hydrogens (tertiary/aromatic N) is 6. The monoisotopic (exact) mass is 351 g/mol. The maximum absolute atomic E-state index is 12.3. The van der Waals surface area contributed by atoms with E-state index in [1.807, 2.05) is 12.1 Å².